The van der Waals surface area contributed by atoms with Crippen molar-refractivity contribution < 1.29 is 9.50 Å². The molecule has 2 unspecified atom stereocenters. The summed E-state index contributed by atoms with van der Waals surface area (Å²) in [6.45, 7) is 1.65. The normalized spacial score (nSPS) is 18.0. The molecule has 0 aromatic rings. The molecule has 0 aliphatic rings. The molecule has 3 heteroatoms. The van der Waals surface area contributed by atoms with Crippen LogP contribution < -0.4 is 5.32 Å². The van der Waals surface area contributed by atoms with Crippen molar-refractivity contribution in [1.82, 2.24) is 5.32 Å². The van der Waals surface area contributed by atoms with E-state index in [0.29, 0.717) is 0 Å². The highest BCUT2D eigenvalue weighted by atomic mass is 19.1. The summed E-state index contributed by atoms with van der Waals surface area (Å²) >= 11 is 0. The lowest BCUT2D eigenvalue weighted by molar-refractivity contribution is 0.0937. The molecule has 0 fully saturated rings. The molecule has 0 heterocycles. The molecule has 2 atom stereocenters. The summed E-state index contributed by atoms with van der Waals surface area (Å²) in [4.78, 5) is 0. The van der Waals surface area contributed by atoms with Crippen LogP contribution in [0.4, 0.5) is 4.39 Å². The Morgan fingerprint density at radius 1 is 1.75 bits per heavy atom. The SMILES string of the molecule is CNCC(F)C(C)O. The summed E-state index contributed by atoms with van der Waals surface area (Å²) in [6.07, 6.45) is -2.00. The van der Waals surface area contributed by atoms with Crippen LogP contribution in [0.15, 0.2) is 0 Å². The van der Waals surface area contributed by atoms with E-state index in [2.05, 4.69) is 5.32 Å². The minimum absolute atomic E-state index is 0.220. The van der Waals surface area contributed by atoms with Gasteiger partial charge >= 0.3 is 0 Å². The molecule has 2 N–H and O–H groups in total. The Morgan fingerprint density at radius 3 is 2.38 bits per heavy atom. The predicted molar refractivity (Wildman–Crippen MR) is 30.5 cm³/mol. The quantitative estimate of drug-likeness (QED) is 0.547. The molecule has 0 aromatic carbocycles. The number of hydrogen-bond donors (Lipinski definition) is 2. The van der Waals surface area contributed by atoms with Gasteiger partial charge in [0.15, 0.2) is 0 Å². The third-order valence-electron chi connectivity index (χ3n) is 0.923. The summed E-state index contributed by atoms with van der Waals surface area (Å²) < 4.78 is 12.2. The van der Waals surface area contributed by atoms with Gasteiger partial charge in [0.25, 0.3) is 0 Å². The summed E-state index contributed by atoms with van der Waals surface area (Å²) in [6, 6.07) is 0. The Morgan fingerprint density at radius 2 is 2.25 bits per heavy atom. The van der Waals surface area contributed by atoms with Gasteiger partial charge in [-0.25, -0.2) is 4.39 Å². The van der Waals surface area contributed by atoms with E-state index < -0.39 is 12.3 Å². The molecule has 0 amide bonds. The van der Waals surface area contributed by atoms with Crippen molar-refractivity contribution in [3.63, 3.8) is 0 Å². The summed E-state index contributed by atoms with van der Waals surface area (Å²) in [5.74, 6) is 0. The Balaban J connectivity index is 3.17. The first-order chi connectivity index (χ1) is 3.68. The topological polar surface area (TPSA) is 32.3 Å². The van der Waals surface area contributed by atoms with E-state index in [1.54, 1.807) is 7.05 Å². The molecule has 8 heavy (non-hydrogen) atoms. The highest BCUT2D eigenvalue weighted by molar-refractivity contribution is 4.63. The first-order valence-corrected chi connectivity index (χ1v) is 2.65. The first kappa shape index (κ1) is 7.85. The number of alkyl halides is 1. The maximum Gasteiger partial charge on any atom is 0.138 e. The smallest absolute Gasteiger partial charge is 0.138 e. The van der Waals surface area contributed by atoms with Crippen LogP contribution in [-0.2, 0) is 0 Å². The fourth-order valence-electron chi connectivity index (χ4n) is 0.366. The van der Waals surface area contributed by atoms with Gasteiger partial charge in [-0.05, 0) is 14.0 Å². The van der Waals surface area contributed by atoms with Crippen LogP contribution in [0.1, 0.15) is 6.92 Å². The zero-order valence-corrected chi connectivity index (χ0v) is 5.19. The number of aliphatic hydroxyl groups is 1. The van der Waals surface area contributed by atoms with Crippen LogP contribution in [0.25, 0.3) is 0 Å². The molecular weight excluding hydrogens is 109 g/mol. The largest absolute Gasteiger partial charge is 0.390 e. The molecule has 0 rings (SSSR count). The van der Waals surface area contributed by atoms with Crippen LogP contribution in [0.3, 0.4) is 0 Å². The third-order valence-corrected chi connectivity index (χ3v) is 0.923. The minimum atomic E-state index is -1.14. The molecule has 50 valence electrons. The standard InChI is InChI=1S/C5H12FNO/c1-4(8)5(6)3-7-2/h4-5,7-8H,3H2,1-2H3. The van der Waals surface area contributed by atoms with Gasteiger partial charge in [0, 0.05) is 6.54 Å². The average Bonchev–Trinajstić information content (AvgIpc) is 1.67. The van der Waals surface area contributed by atoms with Crippen molar-refractivity contribution in [2.75, 3.05) is 13.6 Å². The molecule has 0 aliphatic heterocycles. The van der Waals surface area contributed by atoms with Gasteiger partial charge < -0.3 is 10.4 Å². The average molecular weight is 121 g/mol. The van der Waals surface area contributed by atoms with Crippen molar-refractivity contribution in [3.8, 4) is 0 Å². The van der Waals surface area contributed by atoms with Gasteiger partial charge in [-0.15, -0.1) is 0 Å². The Kier molecular flexibility index (Phi) is 3.73. The van der Waals surface area contributed by atoms with Gasteiger partial charge in [0.1, 0.15) is 6.17 Å². The number of hydrogen-bond acceptors (Lipinski definition) is 2. The number of aliphatic hydroxyl groups excluding tert-OH is 1. The van der Waals surface area contributed by atoms with Gasteiger partial charge in [-0.1, -0.05) is 0 Å². The lowest BCUT2D eigenvalue weighted by atomic mass is 10.2. The molecule has 0 aliphatic carbocycles. The lowest BCUT2D eigenvalue weighted by Gasteiger charge is -2.08. The van der Waals surface area contributed by atoms with Crippen molar-refractivity contribution in [1.29, 1.82) is 0 Å². The lowest BCUT2D eigenvalue weighted by Crippen LogP contribution is -2.28. The Hall–Kier alpha value is -0.150. The fraction of sp³-hybridized carbons (Fsp3) is 1.00. The fourth-order valence-corrected chi connectivity index (χ4v) is 0.366. The van der Waals surface area contributed by atoms with Crippen LogP contribution in [0.5, 0.6) is 0 Å². The first-order valence-electron chi connectivity index (χ1n) is 2.65. The molecule has 0 saturated carbocycles. The summed E-state index contributed by atoms with van der Waals surface area (Å²) in [7, 11) is 1.65. The molecule has 0 radical (unpaired) electrons. The maximum absolute atomic E-state index is 12.2. The molecular formula is C5H12FNO. The monoisotopic (exact) mass is 121 g/mol. The van der Waals surface area contributed by atoms with Crippen molar-refractivity contribution in [3.05, 3.63) is 0 Å². The molecule has 0 bridgehead atoms. The van der Waals surface area contributed by atoms with Gasteiger partial charge in [-0.2, -0.15) is 0 Å². The van der Waals surface area contributed by atoms with E-state index in [0.717, 1.165) is 0 Å². The van der Waals surface area contributed by atoms with E-state index in [1.807, 2.05) is 0 Å². The van der Waals surface area contributed by atoms with Crippen molar-refractivity contribution in [2.24, 2.45) is 0 Å². The zero-order chi connectivity index (χ0) is 6.57. The second-order valence-electron chi connectivity index (χ2n) is 1.81. The van der Waals surface area contributed by atoms with Crippen LogP contribution in [-0.4, -0.2) is 31.0 Å². The zero-order valence-electron chi connectivity index (χ0n) is 5.19. The summed E-state index contributed by atoms with van der Waals surface area (Å²) in [5, 5.41) is 11.2. The van der Waals surface area contributed by atoms with E-state index in [1.165, 1.54) is 6.92 Å². The molecule has 0 saturated heterocycles. The van der Waals surface area contributed by atoms with Crippen LogP contribution in [0, 0.1) is 0 Å². The second kappa shape index (κ2) is 3.80. The van der Waals surface area contributed by atoms with Crippen LogP contribution in [0.2, 0.25) is 0 Å². The highest BCUT2D eigenvalue weighted by Crippen LogP contribution is 1.94. The number of nitrogens with one attached hydrogen (secondary N) is 1. The molecule has 0 spiro atoms. The molecule has 2 nitrogen and oxygen atoms in total. The van der Waals surface area contributed by atoms with Crippen molar-refractivity contribution in [2.45, 2.75) is 19.2 Å². The van der Waals surface area contributed by atoms with E-state index in [-0.39, 0.29) is 6.54 Å². The summed E-state index contributed by atoms with van der Waals surface area (Å²) in [5.41, 5.74) is 0. The minimum Gasteiger partial charge on any atom is -0.390 e. The third kappa shape index (κ3) is 2.93. The Bertz CT molecular complexity index is 58.4. The Labute approximate surface area is 48.7 Å². The highest BCUT2D eigenvalue weighted by Gasteiger charge is 2.10. The van der Waals surface area contributed by atoms with E-state index in [9.17, 15) is 4.39 Å². The van der Waals surface area contributed by atoms with Crippen molar-refractivity contribution >= 4 is 0 Å². The van der Waals surface area contributed by atoms with E-state index >= 15 is 0 Å². The maximum atomic E-state index is 12.2. The predicted octanol–water partition coefficient (Wildman–Crippen LogP) is -0.0753. The van der Waals surface area contributed by atoms with Gasteiger partial charge in [0.05, 0.1) is 6.10 Å². The van der Waals surface area contributed by atoms with Gasteiger partial charge in [0.2, 0.25) is 0 Å². The molecule has 0 aromatic heterocycles. The second-order valence-corrected chi connectivity index (χ2v) is 1.81. The number of halogens is 1. The van der Waals surface area contributed by atoms with Gasteiger partial charge in [-0.3, -0.25) is 0 Å². The number of rotatable bonds is 3. The van der Waals surface area contributed by atoms with E-state index in [4.69, 9.17) is 5.11 Å². The van der Waals surface area contributed by atoms with Crippen LogP contribution >= 0.6 is 0 Å².